The molecule has 0 saturated heterocycles. The Bertz CT molecular complexity index is 370. The van der Waals surface area contributed by atoms with Gasteiger partial charge in [-0.05, 0) is 18.6 Å². The van der Waals surface area contributed by atoms with Crippen LogP contribution in [0.25, 0.3) is 0 Å². The van der Waals surface area contributed by atoms with Crippen LogP contribution < -0.4 is 14.8 Å². The van der Waals surface area contributed by atoms with Gasteiger partial charge in [-0.2, -0.15) is 0 Å². The molecule has 0 atom stereocenters. The summed E-state index contributed by atoms with van der Waals surface area (Å²) in [6.45, 7) is 1.16. The van der Waals surface area contributed by atoms with Crippen molar-refractivity contribution in [3.05, 3.63) is 23.8 Å². The SMILES string of the molecule is COCCCNC(=O)c1c(OC)cccc1OC. The molecule has 0 fully saturated rings. The van der Waals surface area contributed by atoms with Crippen molar-refractivity contribution >= 4 is 5.91 Å². The van der Waals surface area contributed by atoms with Crippen LogP contribution in [0.3, 0.4) is 0 Å². The van der Waals surface area contributed by atoms with Crippen LogP contribution >= 0.6 is 0 Å². The van der Waals surface area contributed by atoms with Gasteiger partial charge in [0, 0.05) is 20.3 Å². The molecular formula is C13H19NO4. The molecule has 0 saturated carbocycles. The molecule has 1 rings (SSSR count). The first kappa shape index (κ1) is 14.3. The summed E-state index contributed by atoms with van der Waals surface area (Å²) in [6.07, 6.45) is 0.764. The number of rotatable bonds is 7. The first-order chi connectivity index (χ1) is 8.74. The average Bonchev–Trinajstić information content (AvgIpc) is 2.42. The minimum absolute atomic E-state index is 0.208. The smallest absolute Gasteiger partial charge is 0.258 e. The maximum absolute atomic E-state index is 12.1. The van der Waals surface area contributed by atoms with Gasteiger partial charge in [0.15, 0.2) is 0 Å². The molecule has 0 aliphatic carbocycles. The van der Waals surface area contributed by atoms with Crippen LogP contribution in [-0.2, 0) is 4.74 Å². The van der Waals surface area contributed by atoms with Gasteiger partial charge in [-0.3, -0.25) is 4.79 Å². The van der Waals surface area contributed by atoms with E-state index in [4.69, 9.17) is 14.2 Å². The Kier molecular flexibility index (Phi) is 6.00. The fourth-order valence-electron chi connectivity index (χ4n) is 1.58. The highest BCUT2D eigenvalue weighted by Crippen LogP contribution is 2.27. The summed E-state index contributed by atoms with van der Waals surface area (Å²) >= 11 is 0. The third-order valence-electron chi connectivity index (χ3n) is 2.47. The highest BCUT2D eigenvalue weighted by molar-refractivity contribution is 5.99. The van der Waals surface area contributed by atoms with Crippen LogP contribution in [0, 0.1) is 0 Å². The molecule has 5 heteroatoms. The summed E-state index contributed by atoms with van der Waals surface area (Å²) < 4.78 is 15.3. The van der Waals surface area contributed by atoms with Crippen molar-refractivity contribution < 1.29 is 19.0 Å². The number of nitrogens with one attached hydrogen (secondary N) is 1. The Labute approximate surface area is 107 Å². The van der Waals surface area contributed by atoms with Crippen LogP contribution in [0.2, 0.25) is 0 Å². The molecule has 1 aromatic carbocycles. The number of benzene rings is 1. The van der Waals surface area contributed by atoms with Gasteiger partial charge < -0.3 is 19.5 Å². The molecule has 1 aromatic rings. The van der Waals surface area contributed by atoms with Gasteiger partial charge in [0.1, 0.15) is 17.1 Å². The van der Waals surface area contributed by atoms with E-state index >= 15 is 0 Å². The number of carbonyl (C=O) groups is 1. The van der Waals surface area contributed by atoms with E-state index in [2.05, 4.69) is 5.32 Å². The topological polar surface area (TPSA) is 56.8 Å². The lowest BCUT2D eigenvalue weighted by Crippen LogP contribution is -2.26. The normalized spacial score (nSPS) is 9.94. The zero-order valence-corrected chi connectivity index (χ0v) is 11.0. The van der Waals surface area contributed by atoms with Crippen LogP contribution in [0.1, 0.15) is 16.8 Å². The Morgan fingerprint density at radius 2 is 1.78 bits per heavy atom. The van der Waals surface area contributed by atoms with Crippen molar-refractivity contribution in [3.63, 3.8) is 0 Å². The van der Waals surface area contributed by atoms with Gasteiger partial charge in [-0.15, -0.1) is 0 Å². The summed E-state index contributed by atoms with van der Waals surface area (Å²) in [5.41, 5.74) is 0.417. The van der Waals surface area contributed by atoms with E-state index in [1.54, 1.807) is 25.3 Å². The van der Waals surface area contributed by atoms with Crippen LogP contribution in [0.5, 0.6) is 11.5 Å². The van der Waals surface area contributed by atoms with Crippen molar-refractivity contribution in [2.24, 2.45) is 0 Å². The number of carbonyl (C=O) groups excluding carboxylic acids is 1. The molecule has 0 aliphatic heterocycles. The number of hydrogen-bond donors (Lipinski definition) is 1. The highest BCUT2D eigenvalue weighted by Gasteiger charge is 2.17. The van der Waals surface area contributed by atoms with Crippen molar-refractivity contribution in [3.8, 4) is 11.5 Å². The van der Waals surface area contributed by atoms with Gasteiger partial charge in [-0.1, -0.05) is 6.07 Å². The first-order valence-electron chi connectivity index (χ1n) is 5.72. The van der Waals surface area contributed by atoms with Gasteiger partial charge in [-0.25, -0.2) is 0 Å². The molecule has 0 radical (unpaired) electrons. The van der Waals surface area contributed by atoms with E-state index in [0.29, 0.717) is 30.2 Å². The Hall–Kier alpha value is -1.75. The minimum atomic E-state index is -0.208. The average molecular weight is 253 g/mol. The molecule has 18 heavy (non-hydrogen) atoms. The lowest BCUT2D eigenvalue weighted by molar-refractivity contribution is 0.0942. The molecule has 0 heterocycles. The minimum Gasteiger partial charge on any atom is -0.496 e. The molecule has 0 aliphatic rings. The van der Waals surface area contributed by atoms with Gasteiger partial charge in [0.05, 0.1) is 14.2 Å². The third kappa shape index (κ3) is 3.63. The van der Waals surface area contributed by atoms with Crippen molar-refractivity contribution in [2.45, 2.75) is 6.42 Å². The van der Waals surface area contributed by atoms with Crippen molar-refractivity contribution in [1.82, 2.24) is 5.32 Å². The molecule has 0 aromatic heterocycles. The van der Waals surface area contributed by atoms with E-state index in [-0.39, 0.29) is 5.91 Å². The van der Waals surface area contributed by atoms with Crippen LogP contribution in [0.15, 0.2) is 18.2 Å². The fraction of sp³-hybridized carbons (Fsp3) is 0.462. The quantitative estimate of drug-likeness (QED) is 0.748. The number of ether oxygens (including phenoxy) is 3. The molecule has 100 valence electrons. The molecule has 0 bridgehead atoms. The molecule has 0 spiro atoms. The second kappa shape index (κ2) is 7.55. The standard InChI is InChI=1S/C13H19NO4/c1-16-9-5-8-14-13(15)12-10(17-2)6-4-7-11(12)18-3/h4,6-7H,5,8-9H2,1-3H3,(H,14,15). The van der Waals surface area contributed by atoms with E-state index in [9.17, 15) is 4.79 Å². The van der Waals surface area contributed by atoms with Crippen molar-refractivity contribution in [1.29, 1.82) is 0 Å². The van der Waals surface area contributed by atoms with Gasteiger partial charge in [0.25, 0.3) is 5.91 Å². The molecule has 0 unspecified atom stereocenters. The zero-order chi connectivity index (χ0) is 13.4. The largest absolute Gasteiger partial charge is 0.496 e. The first-order valence-corrected chi connectivity index (χ1v) is 5.72. The summed E-state index contributed by atoms with van der Waals surface area (Å²) in [6, 6.07) is 5.23. The number of amides is 1. The van der Waals surface area contributed by atoms with Crippen molar-refractivity contribution in [2.75, 3.05) is 34.5 Å². The zero-order valence-electron chi connectivity index (χ0n) is 11.0. The summed E-state index contributed by atoms with van der Waals surface area (Å²) in [4.78, 5) is 12.1. The lowest BCUT2D eigenvalue weighted by Gasteiger charge is -2.12. The highest BCUT2D eigenvalue weighted by atomic mass is 16.5. The fourth-order valence-corrected chi connectivity index (χ4v) is 1.58. The van der Waals surface area contributed by atoms with E-state index in [0.717, 1.165) is 6.42 Å². The lowest BCUT2D eigenvalue weighted by atomic mass is 10.1. The molecule has 1 N–H and O–H groups in total. The van der Waals surface area contributed by atoms with Crippen LogP contribution in [0.4, 0.5) is 0 Å². The summed E-state index contributed by atoms with van der Waals surface area (Å²) in [5.74, 6) is 0.789. The summed E-state index contributed by atoms with van der Waals surface area (Å²) in [5, 5.41) is 2.80. The number of methoxy groups -OCH3 is 3. The second-order valence-electron chi connectivity index (χ2n) is 3.64. The maximum Gasteiger partial charge on any atom is 0.258 e. The van der Waals surface area contributed by atoms with E-state index in [1.165, 1.54) is 14.2 Å². The van der Waals surface area contributed by atoms with E-state index < -0.39 is 0 Å². The van der Waals surface area contributed by atoms with E-state index in [1.807, 2.05) is 0 Å². The predicted molar refractivity (Wildman–Crippen MR) is 68.4 cm³/mol. The molecule has 1 amide bonds. The molecule has 5 nitrogen and oxygen atoms in total. The monoisotopic (exact) mass is 253 g/mol. The summed E-state index contributed by atoms with van der Waals surface area (Å²) in [7, 11) is 4.68. The van der Waals surface area contributed by atoms with Gasteiger partial charge in [0.2, 0.25) is 0 Å². The maximum atomic E-state index is 12.1. The Balaban J connectivity index is 2.76. The Morgan fingerprint density at radius 1 is 1.17 bits per heavy atom. The number of hydrogen-bond acceptors (Lipinski definition) is 4. The second-order valence-corrected chi connectivity index (χ2v) is 3.64. The van der Waals surface area contributed by atoms with Gasteiger partial charge >= 0.3 is 0 Å². The predicted octanol–water partition coefficient (Wildman–Crippen LogP) is 1.47. The third-order valence-corrected chi connectivity index (χ3v) is 2.47. The van der Waals surface area contributed by atoms with Crippen LogP contribution in [-0.4, -0.2) is 40.4 Å². The Morgan fingerprint density at radius 3 is 2.28 bits per heavy atom. The molecular weight excluding hydrogens is 234 g/mol.